The van der Waals surface area contributed by atoms with Gasteiger partial charge in [0.2, 0.25) is 0 Å². The van der Waals surface area contributed by atoms with Gasteiger partial charge in [0.05, 0.1) is 6.10 Å². The molecule has 0 amide bonds. The molecule has 6 unspecified atom stereocenters. The minimum Gasteiger partial charge on any atom is -0.393 e. The van der Waals surface area contributed by atoms with Crippen LogP contribution in [-0.4, -0.2) is 17.0 Å². The van der Waals surface area contributed by atoms with Crippen molar-refractivity contribution < 1.29 is 54.0 Å². The summed E-state index contributed by atoms with van der Waals surface area (Å²) >= 11 is 0. The summed E-state index contributed by atoms with van der Waals surface area (Å²) in [5.74, 6) is 2.57. The number of ketones is 1. The van der Waals surface area contributed by atoms with Crippen LogP contribution in [0, 0.1) is 72.6 Å². The van der Waals surface area contributed by atoms with Crippen molar-refractivity contribution in [2.45, 2.75) is 71.3 Å². The molecule has 6 atom stereocenters. The summed E-state index contributed by atoms with van der Waals surface area (Å²) < 4.78 is 0. The van der Waals surface area contributed by atoms with Crippen molar-refractivity contribution in [1.29, 1.82) is 0 Å². The molecule has 0 saturated heterocycles. The van der Waals surface area contributed by atoms with Crippen molar-refractivity contribution in [3.8, 4) is 0 Å². The van der Waals surface area contributed by atoms with Gasteiger partial charge in [-0.25, -0.2) is 0 Å². The molecule has 4 aliphatic carbocycles. The topological polar surface area (TPSA) is 37.3 Å². The van der Waals surface area contributed by atoms with E-state index in [0.717, 1.165) is 37.5 Å². The third kappa shape index (κ3) is 2.36. The minimum absolute atomic E-state index is 0. The Labute approximate surface area is 170 Å². The Morgan fingerprint density at radius 3 is 2.59 bits per heavy atom. The predicted molar refractivity (Wildman–Crippen MR) is 82.7 cm³/mol. The van der Waals surface area contributed by atoms with Crippen LogP contribution in [0.15, 0.2) is 11.6 Å². The fraction of sp³-hybridized carbons (Fsp3) is 0.842. The van der Waals surface area contributed by atoms with E-state index in [0.29, 0.717) is 11.7 Å². The molecule has 3 saturated carbocycles. The van der Waals surface area contributed by atoms with Crippen LogP contribution in [-0.2, 0) is 4.79 Å². The van der Waals surface area contributed by atoms with Crippen LogP contribution in [0.2, 0.25) is 0 Å². The Hall–Kier alpha value is 0.812. The van der Waals surface area contributed by atoms with Crippen molar-refractivity contribution in [2.24, 2.45) is 28.6 Å². The smallest absolute Gasteiger partial charge is 0.155 e. The fourth-order valence-corrected chi connectivity index (χ4v) is 6.53. The Bertz CT molecular complexity index is 514. The van der Waals surface area contributed by atoms with Crippen molar-refractivity contribution in [3.63, 3.8) is 0 Å². The zero-order valence-corrected chi connectivity index (χ0v) is 18.7. The monoisotopic (exact) mass is 515 g/mol. The van der Waals surface area contributed by atoms with E-state index in [-0.39, 0.29) is 61.0 Å². The second-order valence-corrected chi connectivity index (χ2v) is 8.61. The van der Waals surface area contributed by atoms with Gasteiger partial charge in [-0.1, -0.05) is 19.4 Å². The summed E-state index contributed by atoms with van der Waals surface area (Å²) in [5, 5.41) is 10.4. The van der Waals surface area contributed by atoms with Gasteiger partial charge in [0.1, 0.15) is 0 Å². The number of rotatable bonds is 0. The van der Waals surface area contributed by atoms with Gasteiger partial charge in [-0.05, 0) is 79.6 Å². The molecule has 1 radical (unpaired) electrons. The van der Waals surface area contributed by atoms with E-state index >= 15 is 0 Å². The van der Waals surface area contributed by atoms with E-state index < -0.39 is 0 Å². The van der Waals surface area contributed by atoms with E-state index in [1.165, 1.54) is 31.3 Å². The summed E-state index contributed by atoms with van der Waals surface area (Å²) in [5.41, 5.74) is 1.89. The first-order chi connectivity index (χ1) is 9.95. The molecule has 0 aliphatic heterocycles. The molecule has 4 aliphatic rings. The van der Waals surface area contributed by atoms with E-state index in [4.69, 9.17) is 0 Å². The van der Waals surface area contributed by atoms with Crippen LogP contribution in [0.1, 0.15) is 65.2 Å². The van der Waals surface area contributed by atoms with Crippen LogP contribution in [0.25, 0.3) is 0 Å². The summed E-state index contributed by atoms with van der Waals surface area (Å²) in [4.78, 5) is 11.8. The summed E-state index contributed by atoms with van der Waals surface area (Å²) in [6.45, 7) is 4.76. The average Bonchev–Trinajstić information content (AvgIpc) is 2.76. The van der Waals surface area contributed by atoms with E-state index in [2.05, 4.69) is 13.8 Å². The second-order valence-electron chi connectivity index (χ2n) is 8.61. The zero-order chi connectivity index (χ0) is 14.8. The number of hydrogen-bond acceptors (Lipinski definition) is 2. The standard InChI is InChI=1S/C19H28O2.Ac/c1-18-9-7-13(20)11-12(18)3-4-14-15-5-6-17(21)19(15,2)10-8-16(14)18;/h11,14-17,21H,3-10H2,1-2H3;. The van der Waals surface area contributed by atoms with Crippen LogP contribution in [0.4, 0.5) is 0 Å². The van der Waals surface area contributed by atoms with E-state index in [1.807, 2.05) is 6.08 Å². The zero-order valence-electron chi connectivity index (χ0n) is 14.0. The van der Waals surface area contributed by atoms with E-state index in [1.54, 1.807) is 0 Å². The van der Waals surface area contributed by atoms with Gasteiger partial charge in [-0.3, -0.25) is 4.79 Å². The maximum Gasteiger partial charge on any atom is 0.155 e. The van der Waals surface area contributed by atoms with Crippen LogP contribution >= 0.6 is 0 Å². The fourth-order valence-electron chi connectivity index (χ4n) is 6.53. The Morgan fingerprint density at radius 1 is 1.05 bits per heavy atom. The van der Waals surface area contributed by atoms with Gasteiger partial charge in [-0.2, -0.15) is 0 Å². The number of carbonyl (C=O) groups is 1. The number of aliphatic hydroxyl groups excluding tert-OH is 1. The van der Waals surface area contributed by atoms with Gasteiger partial charge in [0.15, 0.2) is 5.78 Å². The third-order valence-corrected chi connectivity index (χ3v) is 7.91. The summed E-state index contributed by atoms with van der Waals surface area (Å²) in [6.07, 6.45) is 10.7. The van der Waals surface area contributed by atoms with Crippen LogP contribution in [0.3, 0.4) is 0 Å². The maximum atomic E-state index is 11.8. The van der Waals surface area contributed by atoms with Crippen molar-refractivity contribution >= 4 is 5.78 Å². The number of allylic oxidation sites excluding steroid dienone is 1. The molecule has 0 spiro atoms. The van der Waals surface area contributed by atoms with Crippen LogP contribution in [0.5, 0.6) is 0 Å². The first-order valence-electron chi connectivity index (χ1n) is 8.87. The first-order valence-corrected chi connectivity index (χ1v) is 8.87. The molecule has 119 valence electrons. The summed E-state index contributed by atoms with van der Waals surface area (Å²) in [6, 6.07) is 0. The molecule has 22 heavy (non-hydrogen) atoms. The normalized spacial score (nSPS) is 50.3. The Balaban J connectivity index is 0.00000144. The van der Waals surface area contributed by atoms with Gasteiger partial charge < -0.3 is 5.11 Å². The molecule has 3 fully saturated rings. The average molecular weight is 515 g/mol. The molecule has 0 bridgehead atoms. The number of aliphatic hydroxyl groups is 1. The van der Waals surface area contributed by atoms with Crippen molar-refractivity contribution in [3.05, 3.63) is 11.6 Å². The van der Waals surface area contributed by atoms with Gasteiger partial charge in [0.25, 0.3) is 0 Å². The number of carbonyl (C=O) groups excluding carboxylic acids is 1. The van der Waals surface area contributed by atoms with Crippen LogP contribution < -0.4 is 0 Å². The van der Waals surface area contributed by atoms with Gasteiger partial charge in [0, 0.05) is 50.5 Å². The molecule has 0 aromatic rings. The maximum absolute atomic E-state index is 11.8. The molecule has 3 heteroatoms. The van der Waals surface area contributed by atoms with Gasteiger partial charge >= 0.3 is 0 Å². The first kappa shape index (κ1) is 17.6. The largest absolute Gasteiger partial charge is 0.393 e. The molecule has 2 nitrogen and oxygen atoms in total. The quantitative estimate of drug-likeness (QED) is 0.532. The third-order valence-electron chi connectivity index (χ3n) is 7.91. The minimum atomic E-state index is -0.0823. The predicted octanol–water partition coefficient (Wildman–Crippen LogP) is 3.88. The molecule has 0 heterocycles. The SMILES string of the molecule is CC12CCC(=O)C=C1CCC1C2CCC2(C)C(O)CCC12.[Ac]. The molecule has 0 aromatic heterocycles. The Kier molecular flexibility index (Phi) is 4.78. The van der Waals surface area contributed by atoms with E-state index in [9.17, 15) is 9.90 Å². The molecular weight excluding hydrogens is 487 g/mol. The Morgan fingerprint density at radius 2 is 1.82 bits per heavy atom. The number of hydrogen-bond donors (Lipinski definition) is 1. The van der Waals surface area contributed by atoms with Crippen molar-refractivity contribution in [1.82, 2.24) is 0 Å². The molecular formula is C19H28AcO2. The molecule has 4 rings (SSSR count). The molecule has 1 N–H and O–H groups in total. The molecule has 0 aromatic carbocycles. The summed E-state index contributed by atoms with van der Waals surface area (Å²) in [7, 11) is 0. The number of fused-ring (bicyclic) bond motifs is 5. The van der Waals surface area contributed by atoms with Gasteiger partial charge in [-0.15, -0.1) is 0 Å². The van der Waals surface area contributed by atoms with Crippen molar-refractivity contribution in [2.75, 3.05) is 0 Å². The second kappa shape index (κ2) is 5.96.